The van der Waals surface area contributed by atoms with E-state index in [9.17, 15) is 28.8 Å². The summed E-state index contributed by atoms with van der Waals surface area (Å²) in [4.78, 5) is 73.8. The zero-order chi connectivity index (χ0) is 15.8. The minimum Gasteiger partial charge on any atom is -0.292 e. The second-order valence-electron chi connectivity index (χ2n) is 3.13. The lowest BCUT2D eigenvalue weighted by Gasteiger charge is -2.06. The van der Waals surface area contributed by atoms with Gasteiger partial charge in [-0.05, 0) is 0 Å². The number of carbonyl (C=O) groups excluding carboxylic acids is 6. The SMILES string of the molecule is O=CC(=O)Nc1nc(NC(=O)C=O)nc(NC(=O)C=O)n1. The highest BCUT2D eigenvalue weighted by molar-refractivity contribution is 6.30. The van der Waals surface area contributed by atoms with Crippen molar-refractivity contribution in [1.29, 1.82) is 0 Å². The highest BCUT2D eigenvalue weighted by atomic mass is 16.2. The third-order valence-electron chi connectivity index (χ3n) is 1.66. The fourth-order valence-corrected chi connectivity index (χ4v) is 0.963. The van der Waals surface area contributed by atoms with E-state index in [1.165, 1.54) is 0 Å². The van der Waals surface area contributed by atoms with E-state index in [0.29, 0.717) is 0 Å². The van der Waals surface area contributed by atoms with Gasteiger partial charge >= 0.3 is 0 Å². The minimum atomic E-state index is -1.11. The minimum absolute atomic E-state index is 0.0723. The van der Waals surface area contributed by atoms with E-state index in [-0.39, 0.29) is 18.9 Å². The van der Waals surface area contributed by atoms with Gasteiger partial charge in [0.25, 0.3) is 17.7 Å². The summed E-state index contributed by atoms with van der Waals surface area (Å²) in [5, 5.41) is 5.72. The third-order valence-corrected chi connectivity index (χ3v) is 1.66. The first-order valence-corrected chi connectivity index (χ1v) is 5.03. The van der Waals surface area contributed by atoms with Crippen LogP contribution in [-0.2, 0) is 28.8 Å². The monoisotopic (exact) mass is 294 g/mol. The maximum absolute atomic E-state index is 10.9. The van der Waals surface area contributed by atoms with Gasteiger partial charge in [0.2, 0.25) is 36.7 Å². The second-order valence-corrected chi connectivity index (χ2v) is 3.13. The molecule has 1 rings (SSSR count). The fourth-order valence-electron chi connectivity index (χ4n) is 0.963. The van der Waals surface area contributed by atoms with Crippen LogP contribution in [0.5, 0.6) is 0 Å². The molecule has 21 heavy (non-hydrogen) atoms. The molecule has 0 radical (unpaired) electrons. The van der Waals surface area contributed by atoms with Gasteiger partial charge in [-0.3, -0.25) is 44.7 Å². The molecule has 0 atom stereocenters. The summed E-state index contributed by atoms with van der Waals surface area (Å²) >= 11 is 0. The van der Waals surface area contributed by atoms with Gasteiger partial charge in [-0.1, -0.05) is 0 Å². The van der Waals surface area contributed by atoms with Crippen LogP contribution >= 0.6 is 0 Å². The van der Waals surface area contributed by atoms with E-state index in [0.717, 1.165) is 0 Å². The quantitative estimate of drug-likeness (QED) is 0.371. The lowest BCUT2D eigenvalue weighted by atomic mass is 10.6. The van der Waals surface area contributed by atoms with Crippen molar-refractivity contribution in [3.63, 3.8) is 0 Å². The molecule has 3 amide bonds. The molecule has 0 spiro atoms. The molecule has 0 aliphatic carbocycles. The Labute approximate surface area is 115 Å². The van der Waals surface area contributed by atoms with Crippen molar-refractivity contribution in [2.45, 2.75) is 0 Å². The van der Waals surface area contributed by atoms with Crippen LogP contribution in [0.1, 0.15) is 0 Å². The van der Waals surface area contributed by atoms with Gasteiger partial charge in [0.15, 0.2) is 0 Å². The summed E-state index contributed by atoms with van der Waals surface area (Å²) in [6, 6.07) is 0. The number of anilines is 3. The van der Waals surface area contributed by atoms with Crippen molar-refractivity contribution in [2.24, 2.45) is 0 Å². The Bertz CT molecular complexity index is 531. The molecule has 0 aliphatic heterocycles. The maximum atomic E-state index is 10.9. The number of carbonyl (C=O) groups is 6. The van der Waals surface area contributed by atoms with Crippen LogP contribution in [0.15, 0.2) is 0 Å². The standard InChI is InChI=1S/C9H6N6O6/c16-1-4(19)10-7-13-8(11-5(20)2-17)15-9(14-7)12-6(21)3-18/h1-3H,(H3,10,11,12,13,14,15,19,20,21). The average molecular weight is 294 g/mol. The van der Waals surface area contributed by atoms with Crippen molar-refractivity contribution in [3.8, 4) is 0 Å². The summed E-state index contributed by atoms with van der Waals surface area (Å²) in [6.07, 6.45) is -0.217. The number of rotatable bonds is 6. The smallest absolute Gasteiger partial charge is 0.290 e. The number of aromatic nitrogens is 3. The Balaban J connectivity index is 3.11. The topological polar surface area (TPSA) is 177 Å². The van der Waals surface area contributed by atoms with Gasteiger partial charge < -0.3 is 0 Å². The molecule has 0 fully saturated rings. The first-order chi connectivity index (χ1) is 9.98. The molecule has 108 valence electrons. The molecule has 0 saturated carbocycles. The molecule has 1 aromatic heterocycles. The van der Waals surface area contributed by atoms with Crippen molar-refractivity contribution in [3.05, 3.63) is 0 Å². The van der Waals surface area contributed by atoms with Gasteiger partial charge in [-0.15, -0.1) is 0 Å². The molecule has 12 heteroatoms. The van der Waals surface area contributed by atoms with Crippen LogP contribution in [0.3, 0.4) is 0 Å². The van der Waals surface area contributed by atoms with Gasteiger partial charge in [-0.2, -0.15) is 15.0 Å². The molecule has 0 saturated heterocycles. The first-order valence-electron chi connectivity index (χ1n) is 5.03. The summed E-state index contributed by atoms with van der Waals surface area (Å²) in [7, 11) is 0. The molecule has 0 aromatic carbocycles. The van der Waals surface area contributed by atoms with Crippen molar-refractivity contribution >= 4 is 54.4 Å². The van der Waals surface area contributed by atoms with Gasteiger partial charge in [0.1, 0.15) is 0 Å². The Kier molecular flexibility index (Phi) is 5.26. The maximum Gasteiger partial charge on any atom is 0.290 e. The van der Waals surface area contributed by atoms with Crippen LogP contribution in [0.25, 0.3) is 0 Å². The number of hydrogen-bond acceptors (Lipinski definition) is 9. The Hall–Kier alpha value is -3.57. The summed E-state index contributed by atoms with van der Waals surface area (Å²) in [5.74, 6) is -4.82. The lowest BCUT2D eigenvalue weighted by Crippen LogP contribution is -2.21. The van der Waals surface area contributed by atoms with Crippen molar-refractivity contribution < 1.29 is 28.8 Å². The summed E-state index contributed by atoms with van der Waals surface area (Å²) in [5.41, 5.74) is 0. The highest BCUT2D eigenvalue weighted by Gasteiger charge is 2.12. The highest BCUT2D eigenvalue weighted by Crippen LogP contribution is 2.08. The molecule has 3 N–H and O–H groups in total. The second kappa shape index (κ2) is 7.13. The molecule has 1 aromatic rings. The zero-order valence-corrected chi connectivity index (χ0v) is 10.0. The molecule has 0 bridgehead atoms. The van der Waals surface area contributed by atoms with Crippen molar-refractivity contribution in [1.82, 2.24) is 15.0 Å². The lowest BCUT2D eigenvalue weighted by molar-refractivity contribution is -0.127. The number of amides is 3. The van der Waals surface area contributed by atoms with Gasteiger partial charge in [0, 0.05) is 0 Å². The van der Waals surface area contributed by atoms with Crippen LogP contribution in [0, 0.1) is 0 Å². The van der Waals surface area contributed by atoms with E-state index >= 15 is 0 Å². The Morgan fingerprint density at radius 3 is 1.05 bits per heavy atom. The van der Waals surface area contributed by atoms with Crippen LogP contribution < -0.4 is 16.0 Å². The zero-order valence-electron chi connectivity index (χ0n) is 10.0. The molecular formula is C9H6N6O6. The fraction of sp³-hybridized carbons (Fsp3) is 0. The predicted octanol–water partition coefficient (Wildman–Crippen LogP) is -2.72. The predicted molar refractivity (Wildman–Crippen MR) is 63.9 cm³/mol. The Morgan fingerprint density at radius 2 is 0.857 bits per heavy atom. The molecule has 0 aliphatic rings. The number of hydrogen-bond donors (Lipinski definition) is 3. The van der Waals surface area contributed by atoms with Crippen LogP contribution in [-0.4, -0.2) is 51.5 Å². The van der Waals surface area contributed by atoms with Crippen LogP contribution in [0.4, 0.5) is 17.8 Å². The van der Waals surface area contributed by atoms with E-state index in [2.05, 4.69) is 15.0 Å². The van der Waals surface area contributed by atoms with Crippen LogP contribution in [0.2, 0.25) is 0 Å². The summed E-state index contributed by atoms with van der Waals surface area (Å²) < 4.78 is 0. The average Bonchev–Trinajstić information content (AvgIpc) is 2.46. The van der Waals surface area contributed by atoms with E-state index in [1.807, 2.05) is 16.0 Å². The Morgan fingerprint density at radius 1 is 0.619 bits per heavy atom. The molecule has 1 heterocycles. The number of nitrogens with zero attached hydrogens (tertiary/aromatic N) is 3. The number of nitrogens with one attached hydrogen (secondary N) is 3. The summed E-state index contributed by atoms with van der Waals surface area (Å²) in [6.45, 7) is 0. The molecular weight excluding hydrogens is 288 g/mol. The number of aldehydes is 3. The van der Waals surface area contributed by atoms with E-state index in [4.69, 9.17) is 0 Å². The first kappa shape index (κ1) is 15.5. The third kappa shape index (κ3) is 4.90. The van der Waals surface area contributed by atoms with Crippen molar-refractivity contribution in [2.75, 3.05) is 16.0 Å². The van der Waals surface area contributed by atoms with E-state index in [1.54, 1.807) is 0 Å². The van der Waals surface area contributed by atoms with Gasteiger partial charge in [0.05, 0.1) is 0 Å². The van der Waals surface area contributed by atoms with Gasteiger partial charge in [-0.25, -0.2) is 0 Å². The molecule has 12 nitrogen and oxygen atoms in total. The largest absolute Gasteiger partial charge is 0.292 e. The van der Waals surface area contributed by atoms with E-state index < -0.39 is 35.6 Å². The molecule has 0 unspecified atom stereocenters. The normalized spacial score (nSPS) is 9.14.